The Balaban J connectivity index is 2.49. The summed E-state index contributed by atoms with van der Waals surface area (Å²) in [5.41, 5.74) is 0.203. The molecule has 0 aliphatic carbocycles. The van der Waals surface area contributed by atoms with Crippen molar-refractivity contribution in [1.29, 1.82) is 0 Å². The van der Waals surface area contributed by atoms with Crippen LogP contribution in [0.3, 0.4) is 0 Å². The highest BCUT2D eigenvalue weighted by Gasteiger charge is 2.34. The zero-order chi connectivity index (χ0) is 13.5. The van der Waals surface area contributed by atoms with Crippen LogP contribution in [0.1, 0.15) is 31.0 Å². The molecule has 1 atom stereocenters. The lowest BCUT2D eigenvalue weighted by molar-refractivity contribution is -0.137. The van der Waals surface area contributed by atoms with Crippen LogP contribution in [0.15, 0.2) is 18.2 Å². The molecule has 1 heterocycles. The fraction of sp³-hybridized carbons (Fsp3) is 0.417. The van der Waals surface area contributed by atoms with E-state index in [4.69, 9.17) is 0 Å². The molecule has 6 heteroatoms. The van der Waals surface area contributed by atoms with Crippen LogP contribution >= 0.6 is 0 Å². The molecule has 2 N–H and O–H groups in total. The van der Waals surface area contributed by atoms with Crippen LogP contribution in [0, 0.1) is 5.92 Å². The van der Waals surface area contributed by atoms with Crippen LogP contribution in [-0.2, 0) is 6.18 Å². The first-order chi connectivity index (χ1) is 8.29. The summed E-state index contributed by atoms with van der Waals surface area (Å²) in [5, 5.41) is 5.14. The molecular formula is C12H13F3N2O. The largest absolute Gasteiger partial charge is 0.416 e. The molecule has 0 bridgehead atoms. The molecule has 1 aliphatic rings. The number of fused-ring (bicyclic) bond motifs is 1. The van der Waals surface area contributed by atoms with E-state index in [1.807, 2.05) is 13.8 Å². The van der Waals surface area contributed by atoms with Crippen molar-refractivity contribution in [3.8, 4) is 0 Å². The zero-order valence-electron chi connectivity index (χ0n) is 9.93. The third-order valence-electron chi connectivity index (χ3n) is 2.92. The number of urea groups is 1. The molecule has 1 aromatic rings. The van der Waals surface area contributed by atoms with E-state index in [1.165, 1.54) is 6.07 Å². The van der Waals surface area contributed by atoms with Crippen LogP contribution < -0.4 is 10.6 Å². The van der Waals surface area contributed by atoms with E-state index < -0.39 is 17.8 Å². The maximum absolute atomic E-state index is 12.7. The number of nitrogens with one attached hydrogen (secondary N) is 2. The molecule has 1 aromatic carbocycles. The first-order valence-corrected chi connectivity index (χ1v) is 5.57. The maximum Gasteiger partial charge on any atom is 0.416 e. The van der Waals surface area contributed by atoms with Crippen molar-refractivity contribution in [2.24, 2.45) is 5.92 Å². The Hall–Kier alpha value is -1.72. The Kier molecular flexibility index (Phi) is 2.96. The van der Waals surface area contributed by atoms with Gasteiger partial charge in [-0.1, -0.05) is 13.8 Å². The molecule has 0 saturated carbocycles. The van der Waals surface area contributed by atoms with Crippen LogP contribution in [0.2, 0.25) is 0 Å². The highest BCUT2D eigenvalue weighted by molar-refractivity contribution is 5.93. The molecule has 0 fully saturated rings. The second kappa shape index (κ2) is 4.19. The molecule has 18 heavy (non-hydrogen) atoms. The summed E-state index contributed by atoms with van der Waals surface area (Å²) in [7, 11) is 0. The third-order valence-corrected chi connectivity index (χ3v) is 2.92. The van der Waals surface area contributed by atoms with Gasteiger partial charge >= 0.3 is 12.2 Å². The Morgan fingerprint density at radius 2 is 1.94 bits per heavy atom. The summed E-state index contributed by atoms with van der Waals surface area (Å²) in [4.78, 5) is 11.4. The van der Waals surface area contributed by atoms with Gasteiger partial charge in [-0.05, 0) is 29.7 Å². The number of hydrogen-bond donors (Lipinski definition) is 2. The SMILES string of the molecule is CC(C)C1NC(=O)Nc2ccc(C(F)(F)F)cc21. The number of amides is 2. The van der Waals surface area contributed by atoms with Gasteiger partial charge in [-0.3, -0.25) is 0 Å². The summed E-state index contributed by atoms with van der Waals surface area (Å²) in [6, 6.07) is 2.57. The zero-order valence-corrected chi connectivity index (χ0v) is 9.93. The monoisotopic (exact) mass is 258 g/mol. The summed E-state index contributed by atoms with van der Waals surface area (Å²) in [5.74, 6) is 0.0123. The Morgan fingerprint density at radius 1 is 1.28 bits per heavy atom. The van der Waals surface area contributed by atoms with Crippen LogP contribution in [-0.4, -0.2) is 6.03 Å². The molecule has 0 aromatic heterocycles. The lowest BCUT2D eigenvalue weighted by atomic mass is 9.92. The summed E-state index contributed by atoms with van der Waals surface area (Å²) >= 11 is 0. The van der Waals surface area contributed by atoms with E-state index in [0.29, 0.717) is 11.3 Å². The quantitative estimate of drug-likeness (QED) is 0.794. The Morgan fingerprint density at radius 3 is 2.50 bits per heavy atom. The standard InChI is InChI=1S/C12H13F3N2O/c1-6(2)10-8-5-7(12(13,14)15)3-4-9(8)16-11(18)17-10/h3-6,10H,1-2H3,(H2,16,17,18). The molecule has 3 nitrogen and oxygen atoms in total. The minimum atomic E-state index is -4.38. The molecule has 0 spiro atoms. The average molecular weight is 258 g/mol. The first-order valence-electron chi connectivity index (χ1n) is 5.57. The normalized spacial score (nSPS) is 19.2. The summed E-state index contributed by atoms with van der Waals surface area (Å²) in [6.07, 6.45) is -4.38. The topological polar surface area (TPSA) is 41.1 Å². The number of carbonyl (C=O) groups is 1. The van der Waals surface area contributed by atoms with E-state index in [1.54, 1.807) is 0 Å². The van der Waals surface area contributed by atoms with Crippen molar-refractivity contribution in [3.05, 3.63) is 29.3 Å². The van der Waals surface area contributed by atoms with Crippen LogP contribution in [0.4, 0.5) is 23.7 Å². The lowest BCUT2D eigenvalue weighted by Gasteiger charge is -2.30. The average Bonchev–Trinajstić information content (AvgIpc) is 2.25. The molecule has 1 aliphatic heterocycles. The van der Waals surface area contributed by atoms with Gasteiger partial charge in [0.25, 0.3) is 0 Å². The number of carbonyl (C=O) groups excluding carboxylic acids is 1. The Bertz CT molecular complexity index is 483. The van der Waals surface area contributed by atoms with Crippen molar-refractivity contribution >= 4 is 11.7 Å². The smallest absolute Gasteiger partial charge is 0.331 e. The number of halogens is 3. The van der Waals surface area contributed by atoms with E-state index in [-0.39, 0.29) is 11.9 Å². The van der Waals surface area contributed by atoms with Crippen molar-refractivity contribution in [2.45, 2.75) is 26.1 Å². The van der Waals surface area contributed by atoms with Gasteiger partial charge in [0, 0.05) is 5.69 Å². The molecule has 2 rings (SSSR count). The molecule has 1 unspecified atom stereocenters. The van der Waals surface area contributed by atoms with Crippen molar-refractivity contribution < 1.29 is 18.0 Å². The van der Waals surface area contributed by atoms with E-state index in [9.17, 15) is 18.0 Å². The third kappa shape index (κ3) is 2.27. The number of rotatable bonds is 1. The fourth-order valence-electron chi connectivity index (χ4n) is 2.01. The number of benzene rings is 1. The predicted molar refractivity (Wildman–Crippen MR) is 61.2 cm³/mol. The highest BCUT2D eigenvalue weighted by Crippen LogP contribution is 2.37. The summed E-state index contributed by atoms with van der Waals surface area (Å²) < 4.78 is 38.0. The molecular weight excluding hydrogens is 245 g/mol. The van der Waals surface area contributed by atoms with Crippen molar-refractivity contribution in [1.82, 2.24) is 5.32 Å². The summed E-state index contributed by atoms with van der Waals surface area (Å²) in [6.45, 7) is 3.70. The molecule has 0 radical (unpaired) electrons. The molecule has 0 saturated heterocycles. The minimum Gasteiger partial charge on any atom is -0.331 e. The van der Waals surface area contributed by atoms with Crippen LogP contribution in [0.5, 0.6) is 0 Å². The van der Waals surface area contributed by atoms with E-state index in [0.717, 1.165) is 12.1 Å². The predicted octanol–water partition coefficient (Wildman–Crippen LogP) is 3.54. The van der Waals surface area contributed by atoms with E-state index in [2.05, 4.69) is 10.6 Å². The van der Waals surface area contributed by atoms with Crippen molar-refractivity contribution in [3.63, 3.8) is 0 Å². The van der Waals surface area contributed by atoms with Gasteiger partial charge in [0.15, 0.2) is 0 Å². The highest BCUT2D eigenvalue weighted by atomic mass is 19.4. The van der Waals surface area contributed by atoms with Gasteiger partial charge < -0.3 is 10.6 Å². The van der Waals surface area contributed by atoms with Crippen LogP contribution in [0.25, 0.3) is 0 Å². The number of alkyl halides is 3. The second-order valence-electron chi connectivity index (χ2n) is 4.62. The van der Waals surface area contributed by atoms with Crippen molar-refractivity contribution in [2.75, 3.05) is 5.32 Å². The fourth-order valence-corrected chi connectivity index (χ4v) is 2.01. The number of anilines is 1. The Labute approximate surface area is 102 Å². The van der Waals surface area contributed by atoms with Gasteiger partial charge in [0.05, 0.1) is 11.6 Å². The lowest BCUT2D eigenvalue weighted by Crippen LogP contribution is -2.40. The minimum absolute atomic E-state index is 0.0123. The van der Waals surface area contributed by atoms with Gasteiger partial charge in [-0.2, -0.15) is 13.2 Å². The first kappa shape index (κ1) is 12.7. The van der Waals surface area contributed by atoms with Gasteiger partial charge in [-0.25, -0.2) is 4.79 Å². The maximum atomic E-state index is 12.7. The molecule has 2 amide bonds. The van der Waals surface area contributed by atoms with Gasteiger partial charge in [0.2, 0.25) is 0 Å². The second-order valence-corrected chi connectivity index (χ2v) is 4.62. The van der Waals surface area contributed by atoms with E-state index >= 15 is 0 Å². The van der Waals surface area contributed by atoms with Gasteiger partial charge in [0.1, 0.15) is 0 Å². The van der Waals surface area contributed by atoms with Gasteiger partial charge in [-0.15, -0.1) is 0 Å². The molecule has 98 valence electrons. The number of hydrogen-bond acceptors (Lipinski definition) is 1.